The zero-order valence-electron chi connectivity index (χ0n) is 14.0. The van der Waals surface area contributed by atoms with Crippen molar-refractivity contribution in [1.29, 1.82) is 0 Å². The summed E-state index contributed by atoms with van der Waals surface area (Å²) >= 11 is 1.19. The summed E-state index contributed by atoms with van der Waals surface area (Å²) in [5, 5.41) is 19.4. The Bertz CT molecular complexity index is 521. The van der Waals surface area contributed by atoms with E-state index in [0.29, 0.717) is 0 Å². The molecule has 1 aliphatic rings. The van der Waals surface area contributed by atoms with Crippen LogP contribution in [0.15, 0.2) is 23.1 Å². The Morgan fingerprint density at radius 1 is 1.36 bits per heavy atom. The zero-order valence-corrected chi connectivity index (χ0v) is 14.8. The lowest BCUT2D eigenvalue weighted by Gasteiger charge is -2.45. The van der Waals surface area contributed by atoms with Crippen LogP contribution in [0.25, 0.3) is 0 Å². The van der Waals surface area contributed by atoms with Crippen molar-refractivity contribution < 1.29 is 9.84 Å². The molecule has 4 nitrogen and oxygen atoms in total. The third kappa shape index (κ3) is 4.31. The summed E-state index contributed by atoms with van der Waals surface area (Å²) in [5.41, 5.74) is 1.32. The molecule has 1 aromatic carbocycles. The molecule has 0 aromatic heterocycles. The Morgan fingerprint density at radius 3 is 2.68 bits per heavy atom. The fraction of sp³-hybridized carbons (Fsp3) is 0.647. The molecule has 2 atom stereocenters. The van der Waals surface area contributed by atoms with Crippen molar-refractivity contribution in [3.63, 3.8) is 0 Å². The number of hydrogen-bond donors (Lipinski definition) is 3. The van der Waals surface area contributed by atoms with Crippen LogP contribution >= 0.6 is 11.9 Å². The molecule has 2 rings (SSSR count). The molecule has 4 N–H and O–H groups in total. The van der Waals surface area contributed by atoms with E-state index in [2.05, 4.69) is 26.1 Å². The molecule has 22 heavy (non-hydrogen) atoms. The van der Waals surface area contributed by atoms with Crippen LogP contribution in [0.4, 0.5) is 5.69 Å². The summed E-state index contributed by atoms with van der Waals surface area (Å²) in [6.45, 7) is 7.58. The Kier molecular flexibility index (Phi) is 5.30. The topological polar surface area (TPSA) is 67.5 Å². The molecule has 2 unspecified atom stereocenters. The summed E-state index contributed by atoms with van der Waals surface area (Å²) < 4.78 is 5.29. The molecule has 0 heterocycles. The van der Waals surface area contributed by atoms with E-state index in [9.17, 15) is 5.11 Å². The van der Waals surface area contributed by atoms with E-state index in [4.69, 9.17) is 9.88 Å². The van der Waals surface area contributed by atoms with E-state index in [1.54, 1.807) is 7.11 Å². The molecule has 1 fully saturated rings. The van der Waals surface area contributed by atoms with Gasteiger partial charge < -0.3 is 15.2 Å². The van der Waals surface area contributed by atoms with Gasteiger partial charge in [0, 0.05) is 12.2 Å². The SMILES string of the molecule is COc1ccc(NCC2(C)CC(O)CC(C)(C)C2)cc1SN. The van der Waals surface area contributed by atoms with Crippen LogP contribution in [0.3, 0.4) is 0 Å². The first-order valence-electron chi connectivity index (χ1n) is 7.74. The molecule has 0 amide bonds. The van der Waals surface area contributed by atoms with Gasteiger partial charge in [-0.2, -0.15) is 0 Å². The molecule has 1 saturated carbocycles. The minimum Gasteiger partial charge on any atom is -0.496 e. The molecule has 0 spiro atoms. The number of methoxy groups -OCH3 is 1. The highest BCUT2D eigenvalue weighted by molar-refractivity contribution is 7.97. The van der Waals surface area contributed by atoms with Gasteiger partial charge in [-0.3, -0.25) is 5.14 Å². The summed E-state index contributed by atoms with van der Waals surface area (Å²) in [5.74, 6) is 0.790. The molecule has 1 aromatic rings. The standard InChI is InChI=1S/C17H28N2O2S/c1-16(2)8-13(20)9-17(3,10-16)11-19-12-5-6-14(21-4)15(7-12)22-18/h5-7,13,19-20H,8-11,18H2,1-4H3. The van der Waals surface area contributed by atoms with E-state index >= 15 is 0 Å². The van der Waals surface area contributed by atoms with Gasteiger partial charge in [0.25, 0.3) is 0 Å². The van der Waals surface area contributed by atoms with Crippen LogP contribution in [0.2, 0.25) is 0 Å². The zero-order chi connectivity index (χ0) is 16.4. The van der Waals surface area contributed by atoms with Crippen molar-refractivity contribution in [2.24, 2.45) is 16.0 Å². The van der Waals surface area contributed by atoms with Crippen LogP contribution in [-0.4, -0.2) is 24.9 Å². The van der Waals surface area contributed by atoms with Crippen LogP contribution in [0, 0.1) is 10.8 Å². The van der Waals surface area contributed by atoms with Gasteiger partial charge in [0.1, 0.15) is 5.75 Å². The summed E-state index contributed by atoms with van der Waals surface area (Å²) in [4.78, 5) is 0.918. The second-order valence-electron chi connectivity index (χ2n) is 7.55. The summed E-state index contributed by atoms with van der Waals surface area (Å²) in [6.07, 6.45) is 2.64. The fourth-order valence-corrected chi connectivity index (χ4v) is 4.37. The van der Waals surface area contributed by atoms with Crippen LogP contribution in [0.5, 0.6) is 5.75 Å². The van der Waals surface area contributed by atoms with Crippen molar-refractivity contribution in [2.45, 2.75) is 51.0 Å². The van der Waals surface area contributed by atoms with Gasteiger partial charge in [-0.05, 0) is 60.2 Å². The van der Waals surface area contributed by atoms with Crippen LogP contribution in [-0.2, 0) is 0 Å². The molecule has 0 saturated heterocycles. The highest BCUT2D eigenvalue weighted by Gasteiger charge is 2.40. The Morgan fingerprint density at radius 2 is 2.09 bits per heavy atom. The minimum absolute atomic E-state index is 0.0944. The summed E-state index contributed by atoms with van der Waals surface area (Å²) in [6, 6.07) is 5.95. The molecule has 0 aliphatic heterocycles. The Labute approximate surface area is 137 Å². The number of aliphatic hydroxyl groups is 1. The molecule has 0 radical (unpaired) electrons. The maximum absolute atomic E-state index is 10.2. The molecule has 1 aliphatic carbocycles. The van der Waals surface area contributed by atoms with Crippen LogP contribution in [0.1, 0.15) is 40.0 Å². The van der Waals surface area contributed by atoms with E-state index < -0.39 is 0 Å². The first-order chi connectivity index (χ1) is 10.3. The molecular weight excluding hydrogens is 296 g/mol. The lowest BCUT2D eigenvalue weighted by molar-refractivity contribution is -0.00317. The quantitative estimate of drug-likeness (QED) is 0.721. The number of nitrogens with two attached hydrogens (primary N) is 1. The predicted molar refractivity (Wildman–Crippen MR) is 93.3 cm³/mol. The first kappa shape index (κ1) is 17.4. The average Bonchev–Trinajstić information content (AvgIpc) is 2.42. The average molecular weight is 324 g/mol. The van der Waals surface area contributed by atoms with Gasteiger partial charge >= 0.3 is 0 Å². The Hall–Kier alpha value is -0.910. The largest absolute Gasteiger partial charge is 0.496 e. The number of aliphatic hydroxyl groups excluding tert-OH is 1. The number of nitrogens with one attached hydrogen (secondary N) is 1. The van der Waals surface area contributed by atoms with Crippen LogP contribution < -0.4 is 15.2 Å². The third-order valence-electron chi connectivity index (χ3n) is 4.43. The van der Waals surface area contributed by atoms with E-state index in [-0.39, 0.29) is 16.9 Å². The Balaban J connectivity index is 2.05. The van der Waals surface area contributed by atoms with Crippen molar-refractivity contribution >= 4 is 17.6 Å². The second-order valence-corrected chi connectivity index (χ2v) is 8.23. The van der Waals surface area contributed by atoms with Crippen molar-refractivity contribution in [2.75, 3.05) is 19.0 Å². The van der Waals surface area contributed by atoms with E-state index in [0.717, 1.165) is 42.1 Å². The van der Waals surface area contributed by atoms with Gasteiger partial charge in [-0.15, -0.1) is 0 Å². The first-order valence-corrected chi connectivity index (χ1v) is 8.62. The molecule has 0 bridgehead atoms. The molecular formula is C17H28N2O2S. The monoisotopic (exact) mass is 324 g/mol. The number of hydrogen-bond acceptors (Lipinski definition) is 5. The fourth-order valence-electron chi connectivity index (χ4n) is 3.91. The lowest BCUT2D eigenvalue weighted by Crippen LogP contribution is -2.42. The van der Waals surface area contributed by atoms with Crippen molar-refractivity contribution in [3.8, 4) is 5.75 Å². The molecule has 124 valence electrons. The maximum Gasteiger partial charge on any atom is 0.133 e. The van der Waals surface area contributed by atoms with Gasteiger partial charge in [-0.1, -0.05) is 20.8 Å². The number of ether oxygens (including phenoxy) is 1. The van der Waals surface area contributed by atoms with Gasteiger partial charge in [-0.25, -0.2) is 0 Å². The summed E-state index contributed by atoms with van der Waals surface area (Å²) in [7, 11) is 1.65. The normalized spacial score (nSPS) is 27.5. The molecule has 5 heteroatoms. The van der Waals surface area contributed by atoms with Gasteiger partial charge in [0.2, 0.25) is 0 Å². The smallest absolute Gasteiger partial charge is 0.133 e. The predicted octanol–water partition coefficient (Wildman–Crippen LogP) is 3.65. The number of benzene rings is 1. The third-order valence-corrected chi connectivity index (χ3v) is 5.00. The lowest BCUT2D eigenvalue weighted by atomic mass is 9.63. The van der Waals surface area contributed by atoms with Gasteiger partial charge in [0.05, 0.1) is 18.1 Å². The van der Waals surface area contributed by atoms with E-state index in [1.807, 2.05) is 18.2 Å². The van der Waals surface area contributed by atoms with Crippen molar-refractivity contribution in [1.82, 2.24) is 0 Å². The van der Waals surface area contributed by atoms with E-state index in [1.165, 1.54) is 11.9 Å². The number of anilines is 1. The minimum atomic E-state index is -0.207. The highest BCUT2D eigenvalue weighted by atomic mass is 32.2. The second kappa shape index (κ2) is 6.69. The maximum atomic E-state index is 10.2. The highest BCUT2D eigenvalue weighted by Crippen LogP contribution is 2.46. The number of rotatable bonds is 5. The van der Waals surface area contributed by atoms with Crippen molar-refractivity contribution in [3.05, 3.63) is 18.2 Å². The van der Waals surface area contributed by atoms with Gasteiger partial charge in [0.15, 0.2) is 0 Å².